The summed E-state index contributed by atoms with van der Waals surface area (Å²) in [7, 11) is 0. The lowest BCUT2D eigenvalue weighted by Crippen LogP contribution is -2.43. The molecular formula is C10H20N2O. The van der Waals surface area contributed by atoms with Gasteiger partial charge in [-0.25, -0.2) is 0 Å². The molecule has 0 aliphatic carbocycles. The zero-order valence-corrected chi connectivity index (χ0v) is 8.66. The molecule has 1 fully saturated rings. The Balaban J connectivity index is 2.71. The minimum Gasteiger partial charge on any atom is -0.375 e. The molecule has 3 N–H and O–H groups in total. The molecule has 0 bridgehead atoms. The van der Waals surface area contributed by atoms with Crippen molar-refractivity contribution in [3.05, 3.63) is 12.7 Å². The highest BCUT2D eigenvalue weighted by Gasteiger charge is 2.40. The largest absolute Gasteiger partial charge is 0.375 e. The van der Waals surface area contributed by atoms with Crippen LogP contribution >= 0.6 is 0 Å². The predicted octanol–water partition coefficient (Wildman–Crippen LogP) is 1.06. The van der Waals surface area contributed by atoms with Crippen molar-refractivity contribution in [2.24, 2.45) is 17.7 Å². The average Bonchev–Trinajstić information content (AvgIpc) is 2.34. The molecular weight excluding hydrogens is 164 g/mol. The van der Waals surface area contributed by atoms with Crippen LogP contribution in [0.1, 0.15) is 20.8 Å². The summed E-state index contributed by atoms with van der Waals surface area (Å²) in [5.74, 6) is 6.41. The Labute approximate surface area is 80.3 Å². The molecule has 5 atom stereocenters. The van der Waals surface area contributed by atoms with Gasteiger partial charge in [0.25, 0.3) is 0 Å². The van der Waals surface area contributed by atoms with Gasteiger partial charge in [-0.3, -0.25) is 11.3 Å². The van der Waals surface area contributed by atoms with Gasteiger partial charge in [0.05, 0.1) is 12.2 Å². The second kappa shape index (κ2) is 4.22. The van der Waals surface area contributed by atoms with Gasteiger partial charge in [0.1, 0.15) is 0 Å². The van der Waals surface area contributed by atoms with Crippen LogP contribution in [-0.4, -0.2) is 18.2 Å². The topological polar surface area (TPSA) is 47.3 Å². The van der Waals surface area contributed by atoms with Crippen LogP contribution in [-0.2, 0) is 4.74 Å². The third-order valence-corrected chi connectivity index (χ3v) is 3.18. The molecule has 0 aromatic heterocycles. The van der Waals surface area contributed by atoms with Crippen LogP contribution < -0.4 is 11.3 Å². The molecule has 13 heavy (non-hydrogen) atoms. The first kappa shape index (κ1) is 10.7. The number of hydrogen-bond acceptors (Lipinski definition) is 3. The predicted molar refractivity (Wildman–Crippen MR) is 54.0 cm³/mol. The lowest BCUT2D eigenvalue weighted by atomic mass is 9.84. The fourth-order valence-electron chi connectivity index (χ4n) is 2.25. The standard InChI is InChI=1S/C10H20N2O/c1-5-9(12-11)10-6(2)7(3)13-8(10)4/h5-10,12H,1,11H2,2-4H3. The van der Waals surface area contributed by atoms with Gasteiger partial charge in [-0.2, -0.15) is 0 Å². The number of ether oxygens (including phenoxy) is 1. The zero-order valence-electron chi connectivity index (χ0n) is 8.66. The van der Waals surface area contributed by atoms with Crippen LogP contribution in [0.2, 0.25) is 0 Å². The van der Waals surface area contributed by atoms with E-state index in [0.29, 0.717) is 17.9 Å². The Bertz CT molecular complexity index is 184. The number of hydrazine groups is 1. The molecule has 76 valence electrons. The highest BCUT2D eigenvalue weighted by atomic mass is 16.5. The summed E-state index contributed by atoms with van der Waals surface area (Å²) < 4.78 is 5.73. The maximum atomic E-state index is 5.73. The van der Waals surface area contributed by atoms with Crippen LogP contribution in [0.25, 0.3) is 0 Å². The van der Waals surface area contributed by atoms with Crippen molar-refractivity contribution in [1.82, 2.24) is 5.43 Å². The van der Waals surface area contributed by atoms with Crippen molar-refractivity contribution in [3.63, 3.8) is 0 Å². The molecule has 5 unspecified atom stereocenters. The second-order valence-electron chi connectivity index (χ2n) is 3.91. The van der Waals surface area contributed by atoms with E-state index in [4.69, 9.17) is 10.6 Å². The fraction of sp³-hybridized carbons (Fsp3) is 0.800. The van der Waals surface area contributed by atoms with Gasteiger partial charge < -0.3 is 4.74 Å². The molecule has 0 aromatic rings. The van der Waals surface area contributed by atoms with E-state index in [2.05, 4.69) is 32.8 Å². The highest BCUT2D eigenvalue weighted by molar-refractivity contribution is 4.98. The van der Waals surface area contributed by atoms with E-state index in [9.17, 15) is 0 Å². The van der Waals surface area contributed by atoms with Crippen LogP contribution in [0, 0.1) is 11.8 Å². The van der Waals surface area contributed by atoms with Crippen molar-refractivity contribution in [3.8, 4) is 0 Å². The van der Waals surface area contributed by atoms with E-state index in [-0.39, 0.29) is 12.1 Å². The lowest BCUT2D eigenvalue weighted by molar-refractivity contribution is 0.0492. The molecule has 0 saturated carbocycles. The van der Waals surface area contributed by atoms with E-state index >= 15 is 0 Å². The molecule has 0 amide bonds. The van der Waals surface area contributed by atoms with Crippen molar-refractivity contribution >= 4 is 0 Å². The maximum absolute atomic E-state index is 5.73. The van der Waals surface area contributed by atoms with Gasteiger partial charge in [0.15, 0.2) is 0 Å². The Hall–Kier alpha value is -0.380. The quantitative estimate of drug-likeness (QED) is 0.392. The molecule has 1 aliphatic heterocycles. The van der Waals surface area contributed by atoms with Gasteiger partial charge in [-0.1, -0.05) is 13.0 Å². The molecule has 3 nitrogen and oxygen atoms in total. The SMILES string of the molecule is C=CC(NN)C1C(C)OC(C)C1C. The molecule has 1 aliphatic rings. The Morgan fingerprint density at radius 3 is 2.31 bits per heavy atom. The molecule has 1 rings (SSSR count). The number of nitrogens with two attached hydrogens (primary N) is 1. The number of rotatable bonds is 3. The first-order valence-corrected chi connectivity index (χ1v) is 4.86. The number of hydrogen-bond donors (Lipinski definition) is 2. The average molecular weight is 184 g/mol. The van der Waals surface area contributed by atoms with E-state index < -0.39 is 0 Å². The maximum Gasteiger partial charge on any atom is 0.0600 e. The lowest BCUT2D eigenvalue weighted by Gasteiger charge is -2.25. The third-order valence-electron chi connectivity index (χ3n) is 3.18. The van der Waals surface area contributed by atoms with Crippen LogP contribution in [0.4, 0.5) is 0 Å². The molecule has 0 spiro atoms. The van der Waals surface area contributed by atoms with Crippen molar-refractivity contribution in [2.45, 2.75) is 39.0 Å². The first-order valence-electron chi connectivity index (χ1n) is 4.86. The van der Waals surface area contributed by atoms with E-state index in [1.165, 1.54) is 0 Å². The molecule has 0 aromatic carbocycles. The summed E-state index contributed by atoms with van der Waals surface area (Å²) in [5, 5.41) is 0. The Morgan fingerprint density at radius 2 is 2.00 bits per heavy atom. The second-order valence-corrected chi connectivity index (χ2v) is 3.91. The Kier molecular flexibility index (Phi) is 3.47. The van der Waals surface area contributed by atoms with E-state index in [0.717, 1.165) is 0 Å². The smallest absolute Gasteiger partial charge is 0.0600 e. The monoisotopic (exact) mass is 184 g/mol. The van der Waals surface area contributed by atoms with Crippen LogP contribution in [0.3, 0.4) is 0 Å². The molecule has 0 radical (unpaired) electrons. The minimum atomic E-state index is 0.148. The van der Waals surface area contributed by atoms with Gasteiger partial charge >= 0.3 is 0 Å². The molecule has 1 saturated heterocycles. The molecule has 3 heteroatoms. The first-order chi connectivity index (χ1) is 6.11. The van der Waals surface area contributed by atoms with Gasteiger partial charge in [0.2, 0.25) is 0 Å². The fourth-order valence-corrected chi connectivity index (χ4v) is 2.25. The summed E-state index contributed by atoms with van der Waals surface area (Å²) in [6, 6.07) is 0.148. The van der Waals surface area contributed by atoms with E-state index in [1.807, 2.05) is 6.08 Å². The zero-order chi connectivity index (χ0) is 10.0. The van der Waals surface area contributed by atoms with Gasteiger partial charge in [-0.15, -0.1) is 6.58 Å². The molecule has 1 heterocycles. The third kappa shape index (κ3) is 1.93. The summed E-state index contributed by atoms with van der Waals surface area (Å²) >= 11 is 0. The van der Waals surface area contributed by atoms with Crippen molar-refractivity contribution in [1.29, 1.82) is 0 Å². The van der Waals surface area contributed by atoms with Crippen LogP contribution in [0.5, 0.6) is 0 Å². The van der Waals surface area contributed by atoms with Crippen molar-refractivity contribution in [2.75, 3.05) is 0 Å². The summed E-state index contributed by atoms with van der Waals surface area (Å²) in [6.45, 7) is 10.2. The van der Waals surface area contributed by atoms with Gasteiger partial charge in [-0.05, 0) is 19.8 Å². The summed E-state index contributed by atoms with van der Waals surface area (Å²) in [5.41, 5.74) is 2.78. The minimum absolute atomic E-state index is 0.148. The summed E-state index contributed by atoms with van der Waals surface area (Å²) in [6.07, 6.45) is 2.43. The van der Waals surface area contributed by atoms with Crippen molar-refractivity contribution < 1.29 is 4.74 Å². The highest BCUT2D eigenvalue weighted by Crippen LogP contribution is 2.34. The van der Waals surface area contributed by atoms with E-state index in [1.54, 1.807) is 0 Å². The summed E-state index contributed by atoms with van der Waals surface area (Å²) in [4.78, 5) is 0. The number of nitrogens with one attached hydrogen (secondary N) is 1. The van der Waals surface area contributed by atoms with Crippen LogP contribution in [0.15, 0.2) is 12.7 Å². The normalized spacial score (nSPS) is 41.8. The Morgan fingerprint density at radius 1 is 1.38 bits per heavy atom. The van der Waals surface area contributed by atoms with Gasteiger partial charge in [0, 0.05) is 12.0 Å².